The van der Waals surface area contributed by atoms with Crippen molar-refractivity contribution >= 4 is 34.2 Å². The van der Waals surface area contributed by atoms with Gasteiger partial charge in [-0.1, -0.05) is 12.1 Å². The van der Waals surface area contributed by atoms with Gasteiger partial charge in [-0.3, -0.25) is 29.2 Å². The van der Waals surface area contributed by atoms with Crippen molar-refractivity contribution in [3.63, 3.8) is 0 Å². The van der Waals surface area contributed by atoms with E-state index in [4.69, 9.17) is 4.74 Å². The number of imide groups is 1. The molecule has 4 heterocycles. The number of cyclic esters (lactones) is 1. The molecule has 9 nitrogen and oxygen atoms in total. The number of hydrogen-bond acceptors (Lipinski definition) is 7. The summed E-state index contributed by atoms with van der Waals surface area (Å²) in [4.78, 5) is 55.8. The van der Waals surface area contributed by atoms with E-state index in [2.05, 4.69) is 4.98 Å². The van der Waals surface area contributed by atoms with Gasteiger partial charge in [-0.05, 0) is 29.1 Å². The van der Waals surface area contributed by atoms with E-state index >= 15 is 0 Å². The second-order valence-corrected chi connectivity index (χ2v) is 8.11. The molecule has 31 heavy (non-hydrogen) atoms. The molecule has 0 bridgehead atoms. The third-order valence-corrected chi connectivity index (χ3v) is 6.20. The largest absolute Gasteiger partial charge is 0.442 e. The van der Waals surface area contributed by atoms with Gasteiger partial charge in [-0.25, -0.2) is 4.79 Å². The number of aromatic nitrogens is 2. The molecule has 0 saturated carbocycles. The fraction of sp³-hybridized carbons (Fsp3) is 0.190. The summed E-state index contributed by atoms with van der Waals surface area (Å²) in [6.07, 6.45) is 3.23. The minimum atomic E-state index is -0.622. The summed E-state index contributed by atoms with van der Waals surface area (Å²) < 4.78 is 6.94. The molecule has 2 aliphatic rings. The van der Waals surface area contributed by atoms with Gasteiger partial charge in [0.2, 0.25) is 0 Å². The van der Waals surface area contributed by atoms with Crippen molar-refractivity contribution in [2.24, 2.45) is 0 Å². The summed E-state index contributed by atoms with van der Waals surface area (Å²) in [5.74, 6) is -0.757. The minimum Gasteiger partial charge on any atom is -0.442 e. The lowest BCUT2D eigenvalue weighted by atomic mass is 10.1. The first-order valence-electron chi connectivity index (χ1n) is 9.52. The molecule has 1 aromatic carbocycles. The SMILES string of the molecule is O=C1c2ccccc2C(=O)N1C[C@H]1CN(c2cc(Cn3ccncc3=O)cs2)C(=O)O1. The Balaban J connectivity index is 1.28. The number of hydrogen-bond donors (Lipinski definition) is 0. The maximum Gasteiger partial charge on any atom is 0.415 e. The molecule has 2 aliphatic heterocycles. The number of benzene rings is 1. The molecule has 0 unspecified atom stereocenters. The van der Waals surface area contributed by atoms with Gasteiger partial charge < -0.3 is 9.30 Å². The normalized spacial score (nSPS) is 17.9. The zero-order valence-electron chi connectivity index (χ0n) is 16.1. The van der Waals surface area contributed by atoms with Gasteiger partial charge in [-0.15, -0.1) is 11.3 Å². The molecule has 3 amide bonds. The van der Waals surface area contributed by atoms with Crippen LogP contribution in [0.3, 0.4) is 0 Å². The maximum absolute atomic E-state index is 12.6. The van der Waals surface area contributed by atoms with Gasteiger partial charge in [0, 0.05) is 12.4 Å². The smallest absolute Gasteiger partial charge is 0.415 e. The van der Waals surface area contributed by atoms with Crippen LogP contribution in [0.1, 0.15) is 26.3 Å². The maximum atomic E-state index is 12.6. The molecule has 156 valence electrons. The van der Waals surface area contributed by atoms with Gasteiger partial charge in [0.15, 0.2) is 0 Å². The van der Waals surface area contributed by atoms with Crippen molar-refractivity contribution in [1.29, 1.82) is 0 Å². The zero-order chi connectivity index (χ0) is 21.5. The van der Waals surface area contributed by atoms with E-state index in [0.29, 0.717) is 22.7 Å². The zero-order valence-corrected chi connectivity index (χ0v) is 16.9. The average molecular weight is 436 g/mol. The van der Waals surface area contributed by atoms with Crippen LogP contribution in [0.25, 0.3) is 0 Å². The van der Waals surface area contributed by atoms with Crippen molar-refractivity contribution in [2.45, 2.75) is 12.6 Å². The molecule has 3 aromatic rings. The first-order valence-corrected chi connectivity index (χ1v) is 10.4. The second-order valence-electron chi connectivity index (χ2n) is 7.22. The lowest BCUT2D eigenvalue weighted by Gasteiger charge is -2.17. The van der Waals surface area contributed by atoms with Crippen LogP contribution in [0, 0.1) is 0 Å². The number of anilines is 1. The van der Waals surface area contributed by atoms with E-state index in [1.54, 1.807) is 30.5 Å². The Labute approximate surface area is 180 Å². The number of carbonyl (C=O) groups excluding carboxylic acids is 3. The fourth-order valence-corrected chi connectivity index (χ4v) is 4.60. The summed E-state index contributed by atoms with van der Waals surface area (Å²) in [7, 11) is 0. The van der Waals surface area contributed by atoms with Gasteiger partial charge in [-0.2, -0.15) is 0 Å². The third-order valence-electron chi connectivity index (χ3n) is 5.20. The summed E-state index contributed by atoms with van der Waals surface area (Å²) in [5.41, 5.74) is 1.38. The van der Waals surface area contributed by atoms with Gasteiger partial charge in [0.05, 0.1) is 37.0 Å². The van der Waals surface area contributed by atoms with Crippen LogP contribution >= 0.6 is 11.3 Å². The Morgan fingerprint density at radius 3 is 2.55 bits per heavy atom. The van der Waals surface area contributed by atoms with Crippen molar-refractivity contribution in [3.8, 4) is 0 Å². The van der Waals surface area contributed by atoms with E-state index < -0.39 is 12.2 Å². The molecule has 5 rings (SSSR count). The first-order chi connectivity index (χ1) is 15.0. The monoisotopic (exact) mass is 436 g/mol. The van der Waals surface area contributed by atoms with Crippen LogP contribution < -0.4 is 10.5 Å². The van der Waals surface area contributed by atoms with E-state index in [0.717, 1.165) is 10.5 Å². The standard InChI is InChI=1S/C21H16N4O5S/c26-17-8-22-5-6-23(17)9-13-7-18(31-12-13)24-10-14(30-21(24)29)11-25-19(27)15-3-1-2-4-16(15)20(25)28/h1-8,12,14H,9-11H2/t14-/m1/s1. The number of ether oxygens (including phenoxy) is 1. The number of rotatable bonds is 5. The predicted octanol–water partition coefficient (Wildman–Crippen LogP) is 1.97. The number of amides is 3. The second kappa shape index (κ2) is 7.47. The Morgan fingerprint density at radius 1 is 1.10 bits per heavy atom. The van der Waals surface area contributed by atoms with Gasteiger partial charge in [0.1, 0.15) is 11.1 Å². The summed E-state index contributed by atoms with van der Waals surface area (Å²) in [6, 6.07) is 8.47. The van der Waals surface area contributed by atoms with Crippen molar-refractivity contribution in [3.05, 3.63) is 81.3 Å². The van der Waals surface area contributed by atoms with Crippen LogP contribution in [0.15, 0.2) is 59.1 Å². The molecule has 2 aromatic heterocycles. The van der Waals surface area contributed by atoms with Crippen LogP contribution in [-0.4, -0.2) is 51.6 Å². The van der Waals surface area contributed by atoms with Gasteiger partial charge in [0.25, 0.3) is 17.4 Å². The predicted molar refractivity (Wildman–Crippen MR) is 111 cm³/mol. The van der Waals surface area contributed by atoms with Crippen LogP contribution in [0.5, 0.6) is 0 Å². The number of nitrogens with zero attached hydrogens (tertiary/aromatic N) is 4. The molecule has 0 spiro atoms. The van der Waals surface area contributed by atoms with Crippen LogP contribution in [0.2, 0.25) is 0 Å². The highest BCUT2D eigenvalue weighted by molar-refractivity contribution is 7.14. The molecular weight excluding hydrogens is 420 g/mol. The highest BCUT2D eigenvalue weighted by Crippen LogP contribution is 2.30. The molecular formula is C21H16N4O5S. The topological polar surface area (TPSA) is 102 Å². The molecule has 1 atom stereocenters. The third kappa shape index (κ3) is 3.40. The number of carbonyl (C=O) groups is 3. The molecule has 1 saturated heterocycles. The first kappa shape index (κ1) is 19.2. The lowest BCUT2D eigenvalue weighted by molar-refractivity contribution is 0.0558. The highest BCUT2D eigenvalue weighted by Gasteiger charge is 2.41. The quantitative estimate of drug-likeness (QED) is 0.567. The van der Waals surface area contributed by atoms with Crippen molar-refractivity contribution < 1.29 is 19.1 Å². The Kier molecular flexibility index (Phi) is 4.63. The summed E-state index contributed by atoms with van der Waals surface area (Å²) >= 11 is 1.36. The molecule has 0 radical (unpaired) electrons. The van der Waals surface area contributed by atoms with Crippen molar-refractivity contribution in [1.82, 2.24) is 14.5 Å². The molecule has 0 N–H and O–H groups in total. The Bertz CT molecular complexity index is 1230. The van der Waals surface area contributed by atoms with E-state index in [9.17, 15) is 19.2 Å². The lowest BCUT2D eigenvalue weighted by Crippen LogP contribution is -2.38. The summed E-state index contributed by atoms with van der Waals surface area (Å²) in [6.45, 7) is 0.583. The summed E-state index contributed by atoms with van der Waals surface area (Å²) in [5, 5.41) is 2.54. The van der Waals surface area contributed by atoms with Crippen molar-refractivity contribution in [2.75, 3.05) is 18.0 Å². The van der Waals surface area contributed by atoms with E-state index in [1.807, 2.05) is 11.4 Å². The highest BCUT2D eigenvalue weighted by atomic mass is 32.1. The minimum absolute atomic E-state index is 0.000766. The Hall–Kier alpha value is -3.79. The molecule has 0 aliphatic carbocycles. The van der Waals surface area contributed by atoms with Crippen LogP contribution in [-0.2, 0) is 11.3 Å². The average Bonchev–Trinajstić information content (AvgIpc) is 3.44. The van der Waals surface area contributed by atoms with E-state index in [-0.39, 0.29) is 30.5 Å². The molecule has 10 heteroatoms. The molecule has 1 fully saturated rings. The van der Waals surface area contributed by atoms with Crippen LogP contribution in [0.4, 0.5) is 9.80 Å². The fourth-order valence-electron chi connectivity index (χ4n) is 3.69. The van der Waals surface area contributed by atoms with E-state index in [1.165, 1.54) is 33.2 Å². The Morgan fingerprint density at radius 2 is 1.84 bits per heavy atom. The number of fused-ring (bicyclic) bond motifs is 1. The van der Waals surface area contributed by atoms with Gasteiger partial charge >= 0.3 is 6.09 Å². The number of thiophene rings is 1.